The van der Waals surface area contributed by atoms with E-state index in [0.717, 1.165) is 8.95 Å². The summed E-state index contributed by atoms with van der Waals surface area (Å²) in [7, 11) is 0. The summed E-state index contributed by atoms with van der Waals surface area (Å²) in [6, 6.07) is 5.55. The summed E-state index contributed by atoms with van der Waals surface area (Å²) in [4.78, 5) is 14.4. The van der Waals surface area contributed by atoms with Crippen molar-refractivity contribution in [1.29, 1.82) is 0 Å². The molecule has 0 aromatic heterocycles. The van der Waals surface area contributed by atoms with Crippen molar-refractivity contribution in [3.05, 3.63) is 32.7 Å². The lowest BCUT2D eigenvalue weighted by Gasteiger charge is -2.42. The van der Waals surface area contributed by atoms with Gasteiger partial charge in [0.2, 0.25) is 0 Å². The van der Waals surface area contributed by atoms with Crippen LogP contribution in [0, 0.1) is 0 Å². The molecule has 0 aliphatic carbocycles. The molecular weight excluding hydrogens is 409 g/mol. The molecule has 1 aliphatic rings. The number of benzene rings is 1. The molecule has 2 rings (SSSR count). The van der Waals surface area contributed by atoms with Gasteiger partial charge < -0.3 is 9.64 Å². The molecule has 1 aromatic carbocycles. The van der Waals surface area contributed by atoms with E-state index in [4.69, 9.17) is 16.3 Å². The van der Waals surface area contributed by atoms with Gasteiger partial charge in [0.05, 0.1) is 17.6 Å². The normalized spacial score (nSPS) is 21.9. The van der Waals surface area contributed by atoms with Crippen molar-refractivity contribution in [1.82, 2.24) is 4.90 Å². The number of carbonyl (C=O) groups excluding carboxylic acids is 1. The van der Waals surface area contributed by atoms with E-state index in [2.05, 4.69) is 31.9 Å². The number of carbonyl (C=O) groups is 1. The minimum absolute atomic E-state index is 0.00140. The van der Waals surface area contributed by atoms with Crippen LogP contribution < -0.4 is 0 Å². The van der Waals surface area contributed by atoms with Gasteiger partial charge in [0.1, 0.15) is 0 Å². The second-order valence-electron chi connectivity index (χ2n) is 5.50. The molecule has 0 saturated carbocycles. The smallest absolute Gasteiger partial charge is 0.254 e. The van der Waals surface area contributed by atoms with E-state index in [0.29, 0.717) is 24.5 Å². The second kappa shape index (κ2) is 6.34. The van der Waals surface area contributed by atoms with E-state index < -0.39 is 0 Å². The van der Waals surface area contributed by atoms with Crippen LogP contribution in [0.1, 0.15) is 24.2 Å². The zero-order valence-corrected chi connectivity index (χ0v) is 15.3. The molecular formula is C14H16Br2ClNO2. The molecule has 110 valence electrons. The fourth-order valence-corrected chi connectivity index (χ4v) is 3.84. The molecule has 20 heavy (non-hydrogen) atoms. The van der Waals surface area contributed by atoms with Gasteiger partial charge in [-0.3, -0.25) is 4.79 Å². The van der Waals surface area contributed by atoms with Gasteiger partial charge in [0.25, 0.3) is 5.91 Å². The monoisotopic (exact) mass is 423 g/mol. The summed E-state index contributed by atoms with van der Waals surface area (Å²) in [5.41, 5.74) is 0.272. The molecule has 0 radical (unpaired) electrons. The summed E-state index contributed by atoms with van der Waals surface area (Å²) >= 11 is 12.7. The number of rotatable bonds is 2. The first-order valence-corrected chi connectivity index (χ1v) is 8.42. The molecule has 0 N–H and O–H groups in total. The van der Waals surface area contributed by atoms with Crippen LogP contribution in [0.5, 0.6) is 0 Å². The van der Waals surface area contributed by atoms with Gasteiger partial charge in [-0.15, -0.1) is 11.6 Å². The molecule has 1 atom stereocenters. The molecule has 1 unspecified atom stereocenters. The number of nitrogens with zero attached hydrogens (tertiary/aromatic N) is 1. The maximum absolute atomic E-state index is 12.6. The third-order valence-corrected chi connectivity index (χ3v) is 4.31. The summed E-state index contributed by atoms with van der Waals surface area (Å²) < 4.78 is 7.59. The maximum Gasteiger partial charge on any atom is 0.254 e. The highest BCUT2D eigenvalue weighted by molar-refractivity contribution is 9.11. The van der Waals surface area contributed by atoms with Gasteiger partial charge in [-0.2, -0.15) is 0 Å². The van der Waals surface area contributed by atoms with Gasteiger partial charge in [-0.25, -0.2) is 0 Å². The average Bonchev–Trinajstić information content (AvgIpc) is 2.34. The summed E-state index contributed by atoms with van der Waals surface area (Å²) in [6.45, 7) is 5.03. The van der Waals surface area contributed by atoms with Gasteiger partial charge in [-0.05, 0) is 32.0 Å². The third kappa shape index (κ3) is 3.97. The molecule has 1 amide bonds. The molecule has 1 fully saturated rings. The maximum atomic E-state index is 12.6. The van der Waals surface area contributed by atoms with Crippen LogP contribution in [0.25, 0.3) is 0 Å². The molecule has 1 aliphatic heterocycles. The Kier molecular flexibility index (Phi) is 5.16. The SMILES string of the molecule is CC1(C)CN(C(=O)c2cc(Br)cc(Br)c2)CC(CCl)O1. The first kappa shape index (κ1) is 16.3. The molecule has 1 saturated heterocycles. The zero-order valence-electron chi connectivity index (χ0n) is 11.3. The highest BCUT2D eigenvalue weighted by Crippen LogP contribution is 2.25. The van der Waals surface area contributed by atoms with E-state index in [1.54, 1.807) is 0 Å². The number of hydrogen-bond donors (Lipinski definition) is 0. The molecule has 0 spiro atoms. The van der Waals surface area contributed by atoms with E-state index in [1.165, 1.54) is 0 Å². The molecule has 1 heterocycles. The largest absolute Gasteiger partial charge is 0.367 e. The van der Waals surface area contributed by atoms with Gasteiger partial charge in [0, 0.05) is 27.6 Å². The second-order valence-corrected chi connectivity index (χ2v) is 7.64. The standard InChI is InChI=1S/C14H16Br2ClNO2/c1-14(2)8-18(7-12(6-17)20-14)13(19)9-3-10(15)5-11(16)4-9/h3-5,12H,6-8H2,1-2H3. The van der Waals surface area contributed by atoms with Crippen LogP contribution in [0.2, 0.25) is 0 Å². The minimum Gasteiger partial charge on any atom is -0.367 e. The number of alkyl halides is 1. The predicted octanol–water partition coefficient (Wildman–Crippen LogP) is 4.07. The average molecular weight is 426 g/mol. The number of morpholine rings is 1. The number of halogens is 3. The fourth-order valence-electron chi connectivity index (χ4n) is 2.39. The van der Waals surface area contributed by atoms with Crippen molar-refractivity contribution in [2.75, 3.05) is 19.0 Å². The Labute approximate surface area is 140 Å². The van der Waals surface area contributed by atoms with Crippen molar-refractivity contribution in [3.8, 4) is 0 Å². The van der Waals surface area contributed by atoms with Crippen LogP contribution in [0.4, 0.5) is 0 Å². The van der Waals surface area contributed by atoms with Crippen molar-refractivity contribution in [2.45, 2.75) is 25.6 Å². The lowest BCUT2D eigenvalue weighted by molar-refractivity contribution is -0.117. The lowest BCUT2D eigenvalue weighted by atomic mass is 10.0. The lowest BCUT2D eigenvalue weighted by Crippen LogP contribution is -2.55. The van der Waals surface area contributed by atoms with E-state index >= 15 is 0 Å². The number of amides is 1. The topological polar surface area (TPSA) is 29.5 Å². The quantitative estimate of drug-likeness (QED) is 0.669. The van der Waals surface area contributed by atoms with Crippen molar-refractivity contribution in [3.63, 3.8) is 0 Å². The van der Waals surface area contributed by atoms with E-state index in [-0.39, 0.29) is 17.6 Å². The molecule has 0 bridgehead atoms. The summed E-state index contributed by atoms with van der Waals surface area (Å²) in [5.74, 6) is 0.383. The predicted molar refractivity (Wildman–Crippen MR) is 87.4 cm³/mol. The van der Waals surface area contributed by atoms with Gasteiger partial charge >= 0.3 is 0 Å². The molecule has 6 heteroatoms. The first-order valence-electron chi connectivity index (χ1n) is 6.30. The zero-order chi connectivity index (χ0) is 14.9. The fraction of sp³-hybridized carbons (Fsp3) is 0.500. The van der Waals surface area contributed by atoms with E-state index in [1.807, 2.05) is 36.9 Å². The minimum atomic E-state index is -0.378. The number of hydrogen-bond acceptors (Lipinski definition) is 2. The Morgan fingerprint density at radius 2 is 2.00 bits per heavy atom. The Morgan fingerprint density at radius 1 is 1.40 bits per heavy atom. The van der Waals surface area contributed by atoms with Crippen LogP contribution in [-0.4, -0.2) is 41.5 Å². The Hall–Kier alpha value is -0.100. The molecule has 1 aromatic rings. The highest BCUT2D eigenvalue weighted by Gasteiger charge is 2.35. The van der Waals surface area contributed by atoms with Crippen molar-refractivity contribution >= 4 is 49.4 Å². The Balaban J connectivity index is 2.23. The molecule has 3 nitrogen and oxygen atoms in total. The Morgan fingerprint density at radius 3 is 2.55 bits per heavy atom. The van der Waals surface area contributed by atoms with Crippen molar-refractivity contribution in [2.24, 2.45) is 0 Å². The summed E-state index contributed by atoms with van der Waals surface area (Å²) in [5, 5.41) is 0. The van der Waals surface area contributed by atoms with E-state index in [9.17, 15) is 4.79 Å². The first-order chi connectivity index (χ1) is 9.30. The van der Waals surface area contributed by atoms with Crippen LogP contribution >= 0.6 is 43.5 Å². The van der Waals surface area contributed by atoms with Crippen LogP contribution in [0.15, 0.2) is 27.1 Å². The van der Waals surface area contributed by atoms with Crippen molar-refractivity contribution < 1.29 is 9.53 Å². The number of ether oxygens (including phenoxy) is 1. The van der Waals surface area contributed by atoms with Gasteiger partial charge in [-0.1, -0.05) is 31.9 Å². The van der Waals surface area contributed by atoms with Gasteiger partial charge in [0.15, 0.2) is 0 Å². The van der Waals surface area contributed by atoms with Crippen LogP contribution in [0.3, 0.4) is 0 Å². The van der Waals surface area contributed by atoms with Crippen LogP contribution in [-0.2, 0) is 4.74 Å². The third-order valence-electron chi connectivity index (χ3n) is 3.05. The Bertz CT molecular complexity index is 502. The summed E-state index contributed by atoms with van der Waals surface area (Å²) in [6.07, 6.45) is -0.125. The highest BCUT2D eigenvalue weighted by atomic mass is 79.9.